The number of aryl methyl sites for hydroxylation is 1. The number of aromatic nitrogens is 2. The number of carbonyl (C=O) groups excluding carboxylic acids is 1. The van der Waals surface area contributed by atoms with Crippen LogP contribution in [0.15, 0.2) is 6.20 Å². The van der Waals surface area contributed by atoms with Crippen LogP contribution in [0, 0.1) is 0 Å². The lowest BCUT2D eigenvalue weighted by molar-refractivity contribution is 0.0507. The molecule has 2 rings (SSSR count). The number of thioether (sulfide) groups is 1. The summed E-state index contributed by atoms with van der Waals surface area (Å²) in [6, 6.07) is 0. The van der Waals surface area contributed by atoms with E-state index < -0.39 is 0 Å². The second kappa shape index (κ2) is 4.88. The van der Waals surface area contributed by atoms with Gasteiger partial charge in [-0.1, -0.05) is 0 Å². The third-order valence-corrected chi connectivity index (χ3v) is 3.46. The highest BCUT2D eigenvalue weighted by Crippen LogP contribution is 2.22. The molecule has 1 atom stereocenters. The Kier molecular flexibility index (Phi) is 3.50. The maximum Gasteiger partial charge on any atom is 0.214 e. The van der Waals surface area contributed by atoms with Gasteiger partial charge in [0, 0.05) is 18.6 Å². The van der Waals surface area contributed by atoms with Crippen LogP contribution in [0.4, 0.5) is 0 Å². The molecule has 0 radical (unpaired) electrons. The molecule has 1 unspecified atom stereocenters. The van der Waals surface area contributed by atoms with E-state index >= 15 is 0 Å². The summed E-state index contributed by atoms with van der Waals surface area (Å²) in [5, 5.41) is 4.01. The van der Waals surface area contributed by atoms with Gasteiger partial charge in [-0.05, 0) is 0 Å². The highest BCUT2D eigenvalue weighted by molar-refractivity contribution is 7.99. The van der Waals surface area contributed by atoms with E-state index in [4.69, 9.17) is 9.47 Å². The van der Waals surface area contributed by atoms with E-state index in [9.17, 15) is 4.79 Å². The number of nitrogens with zero attached hydrogens (tertiary/aromatic N) is 2. The van der Waals surface area contributed by atoms with Gasteiger partial charge in [0.05, 0.1) is 19.9 Å². The van der Waals surface area contributed by atoms with Crippen LogP contribution in [0.3, 0.4) is 0 Å². The molecule has 88 valence electrons. The van der Waals surface area contributed by atoms with Crippen molar-refractivity contribution in [3.63, 3.8) is 0 Å². The van der Waals surface area contributed by atoms with Gasteiger partial charge in [-0.25, -0.2) is 0 Å². The Morgan fingerprint density at radius 3 is 3.19 bits per heavy atom. The Balaban J connectivity index is 2.21. The number of rotatable bonds is 3. The molecule has 0 aromatic carbocycles. The molecule has 0 saturated carbocycles. The Morgan fingerprint density at radius 2 is 2.56 bits per heavy atom. The van der Waals surface area contributed by atoms with Gasteiger partial charge in [0.25, 0.3) is 0 Å². The minimum absolute atomic E-state index is 0.0518. The maximum atomic E-state index is 12.2. The topological polar surface area (TPSA) is 53.4 Å². The lowest BCUT2D eigenvalue weighted by Gasteiger charge is -2.21. The van der Waals surface area contributed by atoms with Gasteiger partial charge in [0.15, 0.2) is 5.75 Å². The zero-order valence-electron chi connectivity index (χ0n) is 9.30. The summed E-state index contributed by atoms with van der Waals surface area (Å²) in [7, 11) is 3.26. The van der Waals surface area contributed by atoms with E-state index in [2.05, 4.69) is 5.10 Å². The van der Waals surface area contributed by atoms with Crippen molar-refractivity contribution in [1.29, 1.82) is 0 Å². The average molecular weight is 242 g/mol. The minimum Gasteiger partial charge on any atom is -0.493 e. The first-order valence-corrected chi connectivity index (χ1v) is 6.19. The fourth-order valence-electron chi connectivity index (χ4n) is 1.64. The van der Waals surface area contributed by atoms with E-state index in [1.165, 1.54) is 11.8 Å². The van der Waals surface area contributed by atoms with Crippen LogP contribution in [0.5, 0.6) is 5.75 Å². The van der Waals surface area contributed by atoms with Crippen LogP contribution in [-0.4, -0.2) is 46.9 Å². The standard InChI is InChI=1S/C10H14N2O3S/c1-12-9(7(14-2)5-11-12)10(13)8-6-16-4-3-15-8/h5,8H,3-4,6H2,1-2H3. The number of carbonyl (C=O) groups is 1. The van der Waals surface area contributed by atoms with E-state index in [1.54, 1.807) is 25.0 Å². The largest absolute Gasteiger partial charge is 0.493 e. The summed E-state index contributed by atoms with van der Waals surface area (Å²) in [6.45, 7) is 0.626. The summed E-state index contributed by atoms with van der Waals surface area (Å²) in [4.78, 5) is 12.2. The predicted octanol–water partition coefficient (Wildman–Crippen LogP) is 0.743. The lowest BCUT2D eigenvalue weighted by atomic mass is 10.2. The fourth-order valence-corrected chi connectivity index (χ4v) is 2.48. The van der Waals surface area contributed by atoms with Gasteiger partial charge in [-0.15, -0.1) is 0 Å². The minimum atomic E-state index is -0.372. The molecule has 1 aliphatic heterocycles. The molecule has 0 spiro atoms. The first-order chi connectivity index (χ1) is 7.74. The average Bonchev–Trinajstić information content (AvgIpc) is 2.70. The number of ketones is 1. The third-order valence-electron chi connectivity index (χ3n) is 2.47. The van der Waals surface area contributed by atoms with E-state index in [-0.39, 0.29) is 11.9 Å². The third kappa shape index (κ3) is 2.08. The molecule has 1 saturated heterocycles. The number of hydrogen-bond acceptors (Lipinski definition) is 5. The van der Waals surface area contributed by atoms with Crippen molar-refractivity contribution >= 4 is 17.5 Å². The quantitative estimate of drug-likeness (QED) is 0.732. The number of hydrogen-bond donors (Lipinski definition) is 0. The monoisotopic (exact) mass is 242 g/mol. The van der Waals surface area contributed by atoms with Crippen molar-refractivity contribution in [2.45, 2.75) is 6.10 Å². The molecule has 1 aliphatic rings. The van der Waals surface area contributed by atoms with E-state index in [0.717, 1.165) is 5.75 Å². The molecule has 16 heavy (non-hydrogen) atoms. The van der Waals surface area contributed by atoms with E-state index in [0.29, 0.717) is 23.8 Å². The smallest absolute Gasteiger partial charge is 0.214 e. The van der Waals surface area contributed by atoms with Crippen LogP contribution in [0.2, 0.25) is 0 Å². The van der Waals surface area contributed by atoms with Crippen LogP contribution in [0.1, 0.15) is 10.5 Å². The van der Waals surface area contributed by atoms with Crippen molar-refractivity contribution in [2.24, 2.45) is 7.05 Å². The SMILES string of the molecule is COc1cnn(C)c1C(=O)C1CSCCO1. The van der Waals surface area contributed by atoms with Crippen LogP contribution < -0.4 is 4.74 Å². The molecule has 0 amide bonds. The lowest BCUT2D eigenvalue weighted by Crippen LogP contribution is -2.32. The van der Waals surface area contributed by atoms with Gasteiger partial charge in [0.2, 0.25) is 5.78 Å². The summed E-state index contributed by atoms with van der Waals surface area (Å²) in [6.07, 6.45) is 1.17. The van der Waals surface area contributed by atoms with Gasteiger partial charge < -0.3 is 9.47 Å². The van der Waals surface area contributed by atoms with Gasteiger partial charge in [-0.2, -0.15) is 16.9 Å². The zero-order chi connectivity index (χ0) is 11.5. The Labute approximate surface area is 98.1 Å². The van der Waals surface area contributed by atoms with Gasteiger partial charge in [0.1, 0.15) is 11.8 Å². The van der Waals surface area contributed by atoms with Crippen molar-refractivity contribution in [3.8, 4) is 5.75 Å². The van der Waals surface area contributed by atoms with Crippen molar-refractivity contribution in [2.75, 3.05) is 25.2 Å². The van der Waals surface area contributed by atoms with Crippen LogP contribution in [-0.2, 0) is 11.8 Å². The van der Waals surface area contributed by atoms with Crippen molar-refractivity contribution in [1.82, 2.24) is 9.78 Å². The first-order valence-electron chi connectivity index (χ1n) is 5.03. The molecular weight excluding hydrogens is 228 g/mol. The van der Waals surface area contributed by atoms with Crippen molar-refractivity contribution < 1.29 is 14.3 Å². The van der Waals surface area contributed by atoms with E-state index in [1.807, 2.05) is 0 Å². The van der Waals surface area contributed by atoms with Gasteiger partial charge in [-0.3, -0.25) is 9.48 Å². The molecule has 0 aliphatic carbocycles. The fraction of sp³-hybridized carbons (Fsp3) is 0.600. The summed E-state index contributed by atoms with van der Waals surface area (Å²) in [5.41, 5.74) is 0.481. The molecule has 5 nitrogen and oxygen atoms in total. The molecule has 2 heterocycles. The number of Topliss-reactive ketones (excluding diaryl/α,β-unsaturated/α-hetero) is 1. The second-order valence-electron chi connectivity index (χ2n) is 3.48. The molecule has 1 aromatic rings. The molecule has 1 fully saturated rings. The molecule has 0 N–H and O–H groups in total. The van der Waals surface area contributed by atoms with Crippen LogP contribution >= 0.6 is 11.8 Å². The Hall–Kier alpha value is -1.01. The summed E-state index contributed by atoms with van der Waals surface area (Å²) in [5.74, 6) is 2.11. The molecule has 1 aromatic heterocycles. The summed E-state index contributed by atoms with van der Waals surface area (Å²) < 4.78 is 12.1. The molecule has 0 bridgehead atoms. The maximum absolute atomic E-state index is 12.2. The Bertz CT molecular complexity index is 385. The second-order valence-corrected chi connectivity index (χ2v) is 4.63. The zero-order valence-corrected chi connectivity index (χ0v) is 10.1. The first kappa shape index (κ1) is 11.5. The number of methoxy groups -OCH3 is 1. The van der Waals surface area contributed by atoms with Crippen molar-refractivity contribution in [3.05, 3.63) is 11.9 Å². The predicted molar refractivity (Wildman–Crippen MR) is 61.2 cm³/mol. The Morgan fingerprint density at radius 1 is 1.75 bits per heavy atom. The normalized spacial score (nSPS) is 20.8. The summed E-state index contributed by atoms with van der Waals surface area (Å²) >= 11 is 1.73. The molecule has 6 heteroatoms. The highest BCUT2D eigenvalue weighted by atomic mass is 32.2. The van der Waals surface area contributed by atoms with Gasteiger partial charge >= 0.3 is 0 Å². The molecular formula is C10H14N2O3S. The van der Waals surface area contributed by atoms with Crippen LogP contribution in [0.25, 0.3) is 0 Å². The highest BCUT2D eigenvalue weighted by Gasteiger charge is 2.28. The number of ether oxygens (including phenoxy) is 2.